The number of amides is 1. The van der Waals surface area contributed by atoms with Crippen molar-refractivity contribution in [3.05, 3.63) is 48.5 Å². The largest absolute Gasteiger partial charge is 0.494 e. The number of nitrogens with one attached hydrogen (secondary N) is 1. The van der Waals surface area contributed by atoms with Gasteiger partial charge in [-0.3, -0.25) is 4.79 Å². The molecule has 8 heteroatoms. The van der Waals surface area contributed by atoms with E-state index in [1.165, 1.54) is 0 Å². The summed E-state index contributed by atoms with van der Waals surface area (Å²) in [6, 6.07) is 15.1. The molecule has 1 amide bonds. The zero-order valence-electron chi connectivity index (χ0n) is 16.2. The van der Waals surface area contributed by atoms with Gasteiger partial charge in [0.1, 0.15) is 11.5 Å². The van der Waals surface area contributed by atoms with E-state index in [2.05, 4.69) is 27.8 Å². The van der Waals surface area contributed by atoms with Crippen LogP contribution in [0.25, 0.3) is 11.4 Å². The maximum atomic E-state index is 12.2. The van der Waals surface area contributed by atoms with E-state index in [1.54, 1.807) is 12.1 Å². The van der Waals surface area contributed by atoms with Crippen molar-refractivity contribution < 1.29 is 14.3 Å². The lowest BCUT2D eigenvalue weighted by molar-refractivity contribution is -0.118. The average molecular weight is 393 g/mol. The smallest absolute Gasteiger partial charge is 0.262 e. The lowest BCUT2D eigenvalue weighted by atomic mass is 10.2. The fourth-order valence-electron chi connectivity index (χ4n) is 2.85. The summed E-state index contributed by atoms with van der Waals surface area (Å²) in [6.45, 7) is 2.66. The molecule has 150 valence electrons. The lowest BCUT2D eigenvalue weighted by Crippen LogP contribution is -2.20. The molecule has 1 aliphatic carbocycles. The van der Waals surface area contributed by atoms with Crippen molar-refractivity contribution in [3.8, 4) is 22.9 Å². The Balaban J connectivity index is 1.29. The van der Waals surface area contributed by atoms with Gasteiger partial charge in [-0.05, 0) is 78.2 Å². The first-order valence-electron chi connectivity index (χ1n) is 9.77. The highest BCUT2D eigenvalue weighted by atomic mass is 16.5. The molecule has 0 saturated heterocycles. The standard InChI is InChI=1S/C21H23N5O3/c1-2-13-28-18-9-11-19(12-10-18)29-14-20(27)22-16-5-3-15(4-6-16)21-23-24-25-26(21)17-7-8-17/h3-6,9-12,17H,2,7-8,13-14H2,1H3,(H,22,27). The molecule has 0 atom stereocenters. The van der Waals surface area contributed by atoms with E-state index in [4.69, 9.17) is 9.47 Å². The SMILES string of the molecule is CCCOc1ccc(OCC(=O)Nc2ccc(-c3nnnn3C3CC3)cc2)cc1. The van der Waals surface area contributed by atoms with Crippen molar-refractivity contribution in [3.63, 3.8) is 0 Å². The molecule has 3 aromatic rings. The van der Waals surface area contributed by atoms with E-state index in [0.717, 1.165) is 36.4 Å². The summed E-state index contributed by atoms with van der Waals surface area (Å²) < 4.78 is 12.9. The fourth-order valence-corrected chi connectivity index (χ4v) is 2.85. The second-order valence-electron chi connectivity index (χ2n) is 6.91. The maximum absolute atomic E-state index is 12.2. The first-order chi connectivity index (χ1) is 14.2. The van der Waals surface area contributed by atoms with E-state index in [-0.39, 0.29) is 12.5 Å². The van der Waals surface area contributed by atoms with Crippen molar-refractivity contribution in [1.29, 1.82) is 0 Å². The first kappa shape index (κ1) is 18.9. The van der Waals surface area contributed by atoms with Gasteiger partial charge in [0.25, 0.3) is 5.91 Å². The monoisotopic (exact) mass is 393 g/mol. The first-order valence-corrected chi connectivity index (χ1v) is 9.77. The van der Waals surface area contributed by atoms with E-state index in [9.17, 15) is 4.79 Å². The molecule has 1 aromatic heterocycles. The van der Waals surface area contributed by atoms with Crippen molar-refractivity contribution in [2.75, 3.05) is 18.5 Å². The van der Waals surface area contributed by atoms with Crippen LogP contribution in [0.2, 0.25) is 0 Å². The molecule has 0 aliphatic heterocycles. The van der Waals surface area contributed by atoms with Gasteiger partial charge >= 0.3 is 0 Å². The minimum atomic E-state index is -0.230. The Hall–Kier alpha value is -3.42. The molecule has 0 spiro atoms. The van der Waals surface area contributed by atoms with Gasteiger partial charge in [0, 0.05) is 11.3 Å². The van der Waals surface area contributed by atoms with Crippen LogP contribution in [0.15, 0.2) is 48.5 Å². The van der Waals surface area contributed by atoms with E-state index in [1.807, 2.05) is 41.1 Å². The van der Waals surface area contributed by atoms with Crippen LogP contribution in [-0.4, -0.2) is 39.3 Å². The van der Waals surface area contributed by atoms with Gasteiger partial charge in [-0.2, -0.15) is 0 Å². The number of tetrazole rings is 1. The third-order valence-corrected chi connectivity index (χ3v) is 4.48. The molecule has 0 unspecified atom stereocenters. The summed E-state index contributed by atoms with van der Waals surface area (Å²) in [5, 5.41) is 14.8. The molecule has 1 heterocycles. The van der Waals surface area contributed by atoms with Crippen LogP contribution in [0.5, 0.6) is 11.5 Å². The van der Waals surface area contributed by atoms with Crippen LogP contribution >= 0.6 is 0 Å². The van der Waals surface area contributed by atoms with Gasteiger partial charge in [-0.1, -0.05) is 6.92 Å². The number of carbonyl (C=O) groups is 1. The highest BCUT2D eigenvalue weighted by molar-refractivity contribution is 5.92. The summed E-state index contributed by atoms with van der Waals surface area (Å²) in [5.74, 6) is 1.93. The van der Waals surface area contributed by atoms with Crippen molar-refractivity contribution in [2.24, 2.45) is 0 Å². The van der Waals surface area contributed by atoms with Crippen molar-refractivity contribution >= 4 is 11.6 Å². The molecule has 1 aliphatic rings. The molecular formula is C21H23N5O3. The number of aromatic nitrogens is 4. The summed E-state index contributed by atoms with van der Waals surface area (Å²) in [7, 11) is 0. The highest BCUT2D eigenvalue weighted by Crippen LogP contribution is 2.36. The molecule has 1 saturated carbocycles. The van der Waals surface area contributed by atoms with Crippen LogP contribution in [0.1, 0.15) is 32.2 Å². The van der Waals surface area contributed by atoms with Gasteiger partial charge in [-0.15, -0.1) is 5.10 Å². The van der Waals surface area contributed by atoms with E-state index < -0.39 is 0 Å². The Morgan fingerprint density at radius 3 is 2.41 bits per heavy atom. The van der Waals surface area contributed by atoms with Crippen LogP contribution < -0.4 is 14.8 Å². The van der Waals surface area contributed by atoms with Gasteiger partial charge < -0.3 is 14.8 Å². The molecule has 1 N–H and O–H groups in total. The van der Waals surface area contributed by atoms with Crippen LogP contribution in [-0.2, 0) is 4.79 Å². The number of rotatable bonds is 9. The number of hydrogen-bond acceptors (Lipinski definition) is 6. The van der Waals surface area contributed by atoms with Gasteiger partial charge in [-0.25, -0.2) is 4.68 Å². The van der Waals surface area contributed by atoms with E-state index in [0.29, 0.717) is 24.1 Å². The third-order valence-electron chi connectivity index (χ3n) is 4.48. The van der Waals surface area contributed by atoms with Crippen molar-refractivity contribution in [2.45, 2.75) is 32.2 Å². The lowest BCUT2D eigenvalue weighted by Gasteiger charge is -2.09. The van der Waals surface area contributed by atoms with Crippen molar-refractivity contribution in [1.82, 2.24) is 20.2 Å². The second-order valence-corrected chi connectivity index (χ2v) is 6.91. The predicted molar refractivity (Wildman–Crippen MR) is 108 cm³/mol. The quantitative estimate of drug-likeness (QED) is 0.598. The van der Waals surface area contributed by atoms with Crippen LogP contribution in [0, 0.1) is 0 Å². The Labute approximate surface area is 168 Å². The summed E-state index contributed by atoms with van der Waals surface area (Å²) in [4.78, 5) is 12.2. The number of benzene rings is 2. The topological polar surface area (TPSA) is 91.2 Å². The summed E-state index contributed by atoms with van der Waals surface area (Å²) >= 11 is 0. The Morgan fingerprint density at radius 2 is 1.76 bits per heavy atom. The molecule has 4 rings (SSSR count). The molecule has 29 heavy (non-hydrogen) atoms. The summed E-state index contributed by atoms with van der Waals surface area (Å²) in [5.41, 5.74) is 1.61. The number of anilines is 1. The van der Waals surface area contributed by atoms with Gasteiger partial charge in [0.15, 0.2) is 12.4 Å². The highest BCUT2D eigenvalue weighted by Gasteiger charge is 2.28. The number of hydrogen-bond donors (Lipinski definition) is 1. The van der Waals surface area contributed by atoms with Crippen LogP contribution in [0.3, 0.4) is 0 Å². The fraction of sp³-hybridized carbons (Fsp3) is 0.333. The number of ether oxygens (including phenoxy) is 2. The van der Waals surface area contributed by atoms with Gasteiger partial charge in [0.2, 0.25) is 0 Å². The Bertz CT molecular complexity index is 949. The summed E-state index contributed by atoms with van der Waals surface area (Å²) in [6.07, 6.45) is 3.18. The minimum Gasteiger partial charge on any atom is -0.494 e. The minimum absolute atomic E-state index is 0.0726. The third kappa shape index (κ3) is 4.90. The normalized spacial score (nSPS) is 13.1. The van der Waals surface area contributed by atoms with Crippen LogP contribution in [0.4, 0.5) is 5.69 Å². The Kier molecular flexibility index (Phi) is 5.69. The molecule has 0 radical (unpaired) electrons. The zero-order chi connectivity index (χ0) is 20.1. The molecule has 2 aromatic carbocycles. The van der Waals surface area contributed by atoms with Gasteiger partial charge in [0.05, 0.1) is 12.6 Å². The molecule has 1 fully saturated rings. The second kappa shape index (κ2) is 8.72. The average Bonchev–Trinajstić information content (AvgIpc) is 3.48. The number of nitrogens with zero attached hydrogens (tertiary/aromatic N) is 4. The number of carbonyl (C=O) groups excluding carboxylic acids is 1. The predicted octanol–water partition coefficient (Wildman–Crippen LogP) is 3.48. The zero-order valence-corrected chi connectivity index (χ0v) is 16.2. The maximum Gasteiger partial charge on any atom is 0.262 e. The Morgan fingerprint density at radius 1 is 1.07 bits per heavy atom. The van der Waals surface area contributed by atoms with E-state index >= 15 is 0 Å². The molecule has 8 nitrogen and oxygen atoms in total. The molecular weight excluding hydrogens is 370 g/mol. The molecule has 0 bridgehead atoms.